The van der Waals surface area contributed by atoms with E-state index in [1.54, 1.807) is 0 Å². The predicted octanol–water partition coefficient (Wildman–Crippen LogP) is 0.583. The van der Waals surface area contributed by atoms with Gasteiger partial charge in [-0.1, -0.05) is 12.8 Å². The highest BCUT2D eigenvalue weighted by Crippen LogP contribution is 2.29. The molecule has 0 heterocycles. The van der Waals surface area contributed by atoms with E-state index in [1.165, 1.54) is 0 Å². The van der Waals surface area contributed by atoms with Crippen molar-refractivity contribution in [1.29, 1.82) is 0 Å². The lowest BCUT2D eigenvalue weighted by molar-refractivity contribution is -0.144. The molecule has 0 spiro atoms. The predicted molar refractivity (Wildman–Crippen MR) is 55.4 cm³/mol. The molecule has 0 aliphatic heterocycles. The highest BCUT2D eigenvalue weighted by Gasteiger charge is 2.40. The van der Waals surface area contributed by atoms with Crippen molar-refractivity contribution in [3.8, 4) is 0 Å². The van der Waals surface area contributed by atoms with Crippen molar-refractivity contribution in [3.05, 3.63) is 0 Å². The van der Waals surface area contributed by atoms with Crippen molar-refractivity contribution >= 4 is 5.97 Å². The number of carbonyl (C=O) groups is 1. The molecule has 0 unspecified atom stereocenters. The van der Waals surface area contributed by atoms with E-state index < -0.39 is 11.5 Å². The van der Waals surface area contributed by atoms with Crippen molar-refractivity contribution in [2.24, 2.45) is 0 Å². The number of hydrogen-bond acceptors (Lipinski definition) is 3. The van der Waals surface area contributed by atoms with Gasteiger partial charge in [0.2, 0.25) is 0 Å². The zero-order valence-electron chi connectivity index (χ0n) is 8.81. The van der Waals surface area contributed by atoms with Crippen LogP contribution in [0.15, 0.2) is 0 Å². The smallest absolute Gasteiger partial charge is 0.323 e. The molecule has 0 saturated heterocycles. The third kappa shape index (κ3) is 2.69. The minimum atomic E-state index is -0.681. The van der Waals surface area contributed by atoms with Gasteiger partial charge in [0, 0.05) is 0 Å². The van der Waals surface area contributed by atoms with Gasteiger partial charge in [-0.3, -0.25) is 4.79 Å². The van der Waals surface area contributed by atoms with Gasteiger partial charge in [-0.05, 0) is 39.4 Å². The zero-order chi connectivity index (χ0) is 10.4. The quantitative estimate of drug-likeness (QED) is 0.549. The Morgan fingerprint density at radius 1 is 1.36 bits per heavy atom. The number of hydrogen-bond donors (Lipinski definition) is 3. The van der Waals surface area contributed by atoms with Gasteiger partial charge in [-0.25, -0.2) is 0 Å². The molecule has 0 radical (unpaired) electrons. The third-order valence-electron chi connectivity index (χ3n) is 2.93. The van der Waals surface area contributed by atoms with Crippen LogP contribution in [0.4, 0.5) is 0 Å². The van der Waals surface area contributed by atoms with Crippen molar-refractivity contribution < 1.29 is 9.90 Å². The molecule has 1 aliphatic rings. The Bertz CT molecular complexity index is 189. The fourth-order valence-corrected chi connectivity index (χ4v) is 2.04. The van der Waals surface area contributed by atoms with Gasteiger partial charge in [0.1, 0.15) is 5.54 Å². The summed E-state index contributed by atoms with van der Waals surface area (Å²) in [4.78, 5) is 11.1. The van der Waals surface area contributed by atoms with E-state index in [1.807, 2.05) is 7.05 Å². The van der Waals surface area contributed by atoms with Crippen LogP contribution in [0.2, 0.25) is 0 Å². The van der Waals surface area contributed by atoms with Gasteiger partial charge < -0.3 is 15.7 Å². The first-order valence-electron chi connectivity index (χ1n) is 5.34. The summed E-state index contributed by atoms with van der Waals surface area (Å²) < 4.78 is 0. The molecule has 1 rings (SSSR count). The fraction of sp³-hybridized carbons (Fsp3) is 0.900. The van der Waals surface area contributed by atoms with Crippen molar-refractivity contribution in [2.45, 2.75) is 37.6 Å². The summed E-state index contributed by atoms with van der Waals surface area (Å²) in [6.07, 6.45) is 4.60. The number of nitrogens with one attached hydrogen (secondary N) is 2. The molecular formula is C10H20N2O2. The first-order chi connectivity index (χ1) is 6.71. The second-order valence-electron chi connectivity index (χ2n) is 3.98. The van der Waals surface area contributed by atoms with Gasteiger partial charge in [0.05, 0.1) is 0 Å². The Hall–Kier alpha value is -0.610. The number of aliphatic carboxylic acids is 1. The molecule has 0 aromatic carbocycles. The van der Waals surface area contributed by atoms with Gasteiger partial charge in [-0.2, -0.15) is 0 Å². The largest absolute Gasteiger partial charge is 0.480 e. The fourth-order valence-electron chi connectivity index (χ4n) is 2.04. The molecule has 4 nitrogen and oxygen atoms in total. The van der Waals surface area contributed by atoms with Crippen LogP contribution >= 0.6 is 0 Å². The number of carboxylic acids is 1. The Morgan fingerprint density at radius 2 is 2.00 bits per heavy atom. The minimum Gasteiger partial charge on any atom is -0.480 e. The van der Waals surface area contributed by atoms with Crippen LogP contribution in [-0.2, 0) is 4.79 Å². The maximum atomic E-state index is 11.1. The van der Waals surface area contributed by atoms with Crippen molar-refractivity contribution in [2.75, 3.05) is 20.1 Å². The Balaban J connectivity index is 2.33. The molecule has 82 valence electrons. The van der Waals surface area contributed by atoms with Gasteiger partial charge in [0.15, 0.2) is 0 Å². The molecule has 1 saturated carbocycles. The highest BCUT2D eigenvalue weighted by molar-refractivity contribution is 5.79. The lowest BCUT2D eigenvalue weighted by atomic mass is 9.98. The van der Waals surface area contributed by atoms with Crippen molar-refractivity contribution in [3.63, 3.8) is 0 Å². The molecule has 0 bridgehead atoms. The van der Waals surface area contributed by atoms with Crippen LogP contribution < -0.4 is 10.6 Å². The summed E-state index contributed by atoms with van der Waals surface area (Å²) in [6.45, 7) is 1.72. The van der Waals surface area contributed by atoms with E-state index in [0.29, 0.717) is 0 Å². The number of rotatable bonds is 6. The summed E-state index contributed by atoms with van der Waals surface area (Å²) in [5.74, 6) is -0.681. The van der Waals surface area contributed by atoms with E-state index in [4.69, 9.17) is 5.11 Å². The molecule has 1 fully saturated rings. The second-order valence-corrected chi connectivity index (χ2v) is 3.98. The summed E-state index contributed by atoms with van der Waals surface area (Å²) in [5.41, 5.74) is -0.617. The Kier molecular flexibility index (Phi) is 4.35. The molecule has 1 aliphatic carbocycles. The van der Waals surface area contributed by atoms with Crippen LogP contribution in [0.25, 0.3) is 0 Å². The lowest BCUT2D eigenvalue weighted by Crippen LogP contribution is -2.50. The van der Waals surface area contributed by atoms with Crippen LogP contribution in [0.5, 0.6) is 0 Å². The molecule has 3 N–H and O–H groups in total. The summed E-state index contributed by atoms with van der Waals surface area (Å²) in [7, 11) is 1.91. The second kappa shape index (κ2) is 5.32. The molecule has 14 heavy (non-hydrogen) atoms. The average molecular weight is 200 g/mol. The third-order valence-corrected chi connectivity index (χ3v) is 2.93. The summed E-state index contributed by atoms with van der Waals surface area (Å²) >= 11 is 0. The standard InChI is InChI=1S/C10H20N2O2/c1-11-7-4-8-12-10(9(13)14)5-2-3-6-10/h11-12H,2-8H2,1H3,(H,13,14). The topological polar surface area (TPSA) is 61.4 Å². The monoisotopic (exact) mass is 200 g/mol. The first kappa shape index (κ1) is 11.5. The van der Waals surface area contributed by atoms with Gasteiger partial charge in [-0.15, -0.1) is 0 Å². The van der Waals surface area contributed by atoms with Crippen LogP contribution in [-0.4, -0.2) is 36.8 Å². The molecule has 0 aromatic heterocycles. The maximum absolute atomic E-state index is 11.1. The first-order valence-corrected chi connectivity index (χ1v) is 5.34. The molecule has 0 atom stereocenters. The average Bonchev–Trinajstić information content (AvgIpc) is 2.62. The van der Waals surface area contributed by atoms with Crippen LogP contribution in [0.3, 0.4) is 0 Å². The molecule has 0 amide bonds. The van der Waals surface area contributed by atoms with E-state index in [9.17, 15) is 4.79 Å². The lowest BCUT2D eigenvalue weighted by Gasteiger charge is -2.25. The minimum absolute atomic E-state index is 0.617. The zero-order valence-corrected chi connectivity index (χ0v) is 8.81. The van der Waals surface area contributed by atoms with E-state index in [2.05, 4.69) is 10.6 Å². The maximum Gasteiger partial charge on any atom is 0.323 e. The molecule has 0 aromatic rings. The van der Waals surface area contributed by atoms with Gasteiger partial charge >= 0.3 is 5.97 Å². The van der Waals surface area contributed by atoms with E-state index in [-0.39, 0.29) is 0 Å². The summed E-state index contributed by atoms with van der Waals surface area (Å²) in [6, 6.07) is 0. The Labute approximate surface area is 85.1 Å². The number of carboxylic acid groups (broad SMARTS) is 1. The molecule has 4 heteroatoms. The Morgan fingerprint density at radius 3 is 2.50 bits per heavy atom. The van der Waals surface area contributed by atoms with Crippen molar-refractivity contribution in [1.82, 2.24) is 10.6 Å². The SMILES string of the molecule is CNCCCNC1(C(=O)O)CCCC1. The molecular weight excluding hydrogens is 180 g/mol. The normalized spacial score (nSPS) is 19.8. The van der Waals surface area contributed by atoms with E-state index >= 15 is 0 Å². The van der Waals surface area contributed by atoms with Crippen LogP contribution in [0.1, 0.15) is 32.1 Å². The van der Waals surface area contributed by atoms with Crippen LogP contribution in [0, 0.1) is 0 Å². The summed E-state index contributed by atoms with van der Waals surface area (Å²) in [5, 5.41) is 15.4. The van der Waals surface area contributed by atoms with E-state index in [0.717, 1.165) is 45.2 Å². The highest BCUT2D eigenvalue weighted by atomic mass is 16.4. The van der Waals surface area contributed by atoms with Gasteiger partial charge in [0.25, 0.3) is 0 Å².